The lowest BCUT2D eigenvalue weighted by molar-refractivity contribution is -0.200. The van der Waals surface area contributed by atoms with Gasteiger partial charge in [-0.3, -0.25) is 4.90 Å². The highest BCUT2D eigenvalue weighted by atomic mass is 16.5. The van der Waals surface area contributed by atoms with E-state index in [9.17, 15) is 5.11 Å². The van der Waals surface area contributed by atoms with Crippen LogP contribution in [0.15, 0.2) is 49.1 Å². The zero-order valence-electron chi connectivity index (χ0n) is 18.4. The van der Waals surface area contributed by atoms with Crippen molar-refractivity contribution < 1.29 is 14.6 Å². The van der Waals surface area contributed by atoms with E-state index in [0.29, 0.717) is 12.4 Å². The number of likely N-dealkylation sites (tertiary alicyclic amines) is 1. The van der Waals surface area contributed by atoms with Crippen molar-refractivity contribution in [3.8, 4) is 11.5 Å². The molecule has 0 unspecified atom stereocenters. The van der Waals surface area contributed by atoms with E-state index in [1.807, 2.05) is 6.08 Å². The van der Waals surface area contributed by atoms with Crippen LogP contribution in [0.3, 0.4) is 0 Å². The summed E-state index contributed by atoms with van der Waals surface area (Å²) < 4.78 is 13.7. The fourth-order valence-corrected chi connectivity index (χ4v) is 7.61. The summed E-state index contributed by atoms with van der Waals surface area (Å²) in [7, 11) is 0. The SMILES string of the molecule is C=CCN1CC[C@]23c4c5ccc(O)c4O[C@H]2c2[nH]c4ccccc4c2C[C@@]3(OCC)[C@@H]1C5. The van der Waals surface area contributed by atoms with Crippen molar-refractivity contribution in [3.05, 3.63) is 71.4 Å². The first-order valence-electron chi connectivity index (χ1n) is 11.7. The van der Waals surface area contributed by atoms with Crippen LogP contribution in [0.2, 0.25) is 0 Å². The van der Waals surface area contributed by atoms with Crippen LogP contribution < -0.4 is 4.74 Å². The summed E-state index contributed by atoms with van der Waals surface area (Å²) in [4.78, 5) is 6.26. The smallest absolute Gasteiger partial charge is 0.166 e. The van der Waals surface area contributed by atoms with Crippen molar-refractivity contribution in [3.63, 3.8) is 0 Å². The minimum atomic E-state index is -0.419. The minimum Gasteiger partial charge on any atom is -0.504 e. The zero-order chi connectivity index (χ0) is 21.7. The molecule has 5 nitrogen and oxygen atoms in total. The number of aromatic nitrogens is 1. The number of ether oxygens (including phenoxy) is 2. The monoisotopic (exact) mass is 428 g/mol. The fraction of sp³-hybridized carbons (Fsp3) is 0.407. The Labute approximate surface area is 187 Å². The van der Waals surface area contributed by atoms with E-state index in [4.69, 9.17) is 9.47 Å². The molecule has 1 saturated heterocycles. The number of fused-ring (bicyclic) bond motifs is 4. The number of para-hydroxylation sites is 1. The van der Waals surface area contributed by atoms with E-state index in [2.05, 4.69) is 53.7 Å². The molecule has 3 aromatic rings. The van der Waals surface area contributed by atoms with E-state index in [1.54, 1.807) is 6.07 Å². The lowest BCUT2D eigenvalue weighted by atomic mass is 9.48. The van der Waals surface area contributed by atoms with Crippen molar-refractivity contribution in [2.75, 3.05) is 19.7 Å². The molecule has 2 aromatic carbocycles. The quantitative estimate of drug-likeness (QED) is 0.605. The van der Waals surface area contributed by atoms with Crippen molar-refractivity contribution >= 4 is 10.9 Å². The maximum atomic E-state index is 10.8. The number of hydrogen-bond donors (Lipinski definition) is 2. The number of piperidine rings is 1. The van der Waals surface area contributed by atoms with Crippen LogP contribution >= 0.6 is 0 Å². The van der Waals surface area contributed by atoms with Crippen LogP contribution in [0, 0.1) is 0 Å². The first-order chi connectivity index (χ1) is 15.6. The van der Waals surface area contributed by atoms with Crippen molar-refractivity contribution in [2.24, 2.45) is 0 Å². The molecule has 4 atom stereocenters. The summed E-state index contributed by atoms with van der Waals surface area (Å²) in [5.41, 5.74) is 5.33. The summed E-state index contributed by atoms with van der Waals surface area (Å²) in [6, 6.07) is 12.7. The van der Waals surface area contributed by atoms with Gasteiger partial charge in [0, 0.05) is 48.6 Å². The Hall–Kier alpha value is -2.76. The number of aromatic hydroxyl groups is 1. The van der Waals surface area contributed by atoms with Crippen LogP contribution in [-0.4, -0.2) is 46.3 Å². The number of phenols is 1. The van der Waals surface area contributed by atoms with Gasteiger partial charge in [0.15, 0.2) is 17.6 Å². The average molecular weight is 429 g/mol. The van der Waals surface area contributed by atoms with Crippen molar-refractivity contribution in [2.45, 2.75) is 49.3 Å². The van der Waals surface area contributed by atoms with Crippen molar-refractivity contribution in [1.82, 2.24) is 9.88 Å². The van der Waals surface area contributed by atoms with Crippen LogP contribution in [0.4, 0.5) is 0 Å². The summed E-state index contributed by atoms with van der Waals surface area (Å²) in [6.07, 6.45) is 4.48. The van der Waals surface area contributed by atoms with Gasteiger partial charge in [0.1, 0.15) is 5.60 Å². The second-order valence-electron chi connectivity index (χ2n) is 9.73. The lowest BCUT2D eigenvalue weighted by Crippen LogP contribution is -2.75. The van der Waals surface area contributed by atoms with E-state index in [1.165, 1.54) is 22.1 Å². The predicted molar refractivity (Wildman–Crippen MR) is 123 cm³/mol. The van der Waals surface area contributed by atoms with Gasteiger partial charge in [-0.1, -0.05) is 30.3 Å². The van der Waals surface area contributed by atoms with Gasteiger partial charge in [0.05, 0.1) is 11.1 Å². The Morgan fingerprint density at radius 3 is 3.03 bits per heavy atom. The molecule has 7 rings (SSSR count). The third-order valence-electron chi connectivity index (χ3n) is 8.61. The standard InChI is InChI=1S/C27H28N2O3/c1-3-12-29-13-11-26-22-16-9-10-20(30)24(22)32-25(26)23-18(17-7-5-6-8-19(17)28-23)15-27(26,31-4-2)21(29)14-16/h3,5-10,21,25,28,30H,1,4,11-15H2,2H3/t21-,25-,26-,27+/m0/s1. The topological polar surface area (TPSA) is 57.7 Å². The molecule has 2 aliphatic carbocycles. The van der Waals surface area contributed by atoms with Gasteiger partial charge in [-0.2, -0.15) is 0 Å². The Balaban J connectivity index is 1.58. The van der Waals surface area contributed by atoms with Gasteiger partial charge in [0.2, 0.25) is 0 Å². The van der Waals surface area contributed by atoms with Gasteiger partial charge in [-0.05, 0) is 43.0 Å². The van der Waals surface area contributed by atoms with Crippen LogP contribution in [0.1, 0.15) is 41.8 Å². The zero-order valence-corrected chi connectivity index (χ0v) is 18.4. The van der Waals surface area contributed by atoms with Gasteiger partial charge in [0.25, 0.3) is 0 Å². The van der Waals surface area contributed by atoms with Crippen LogP contribution in [0.5, 0.6) is 11.5 Å². The molecule has 0 saturated carbocycles. The maximum Gasteiger partial charge on any atom is 0.166 e. The molecule has 32 heavy (non-hydrogen) atoms. The molecule has 3 heterocycles. The third kappa shape index (κ3) is 1.94. The highest BCUT2D eigenvalue weighted by Gasteiger charge is 2.73. The Morgan fingerprint density at radius 2 is 2.19 bits per heavy atom. The number of phenolic OH excluding ortho intramolecular Hbond substituents is 1. The van der Waals surface area contributed by atoms with Gasteiger partial charge in [-0.25, -0.2) is 0 Å². The summed E-state index contributed by atoms with van der Waals surface area (Å²) in [5, 5.41) is 12.1. The highest BCUT2D eigenvalue weighted by molar-refractivity contribution is 5.86. The van der Waals surface area contributed by atoms with E-state index < -0.39 is 5.60 Å². The second kappa shape index (κ2) is 6.18. The van der Waals surface area contributed by atoms with Gasteiger partial charge >= 0.3 is 0 Å². The van der Waals surface area contributed by atoms with Crippen molar-refractivity contribution in [1.29, 1.82) is 0 Å². The molecular weight excluding hydrogens is 400 g/mol. The normalized spacial score (nSPS) is 31.8. The van der Waals surface area contributed by atoms with Crippen LogP contribution in [0.25, 0.3) is 10.9 Å². The van der Waals surface area contributed by atoms with Crippen LogP contribution in [-0.2, 0) is 23.0 Å². The molecule has 0 amide bonds. The molecule has 1 fully saturated rings. The molecule has 1 aromatic heterocycles. The fourth-order valence-electron chi connectivity index (χ4n) is 7.61. The van der Waals surface area contributed by atoms with E-state index in [-0.39, 0.29) is 23.3 Å². The Bertz CT molecular complexity index is 1280. The first kappa shape index (κ1) is 18.8. The number of benzene rings is 2. The summed E-state index contributed by atoms with van der Waals surface area (Å²) in [5.74, 6) is 0.904. The molecule has 2 aliphatic heterocycles. The lowest BCUT2D eigenvalue weighted by Gasteiger charge is -2.64. The maximum absolute atomic E-state index is 10.8. The average Bonchev–Trinajstić information content (AvgIpc) is 3.33. The second-order valence-corrected chi connectivity index (χ2v) is 9.73. The molecule has 1 spiro atoms. The van der Waals surface area contributed by atoms with Gasteiger partial charge in [-0.15, -0.1) is 6.58 Å². The number of nitrogens with one attached hydrogen (secondary N) is 1. The number of aromatic amines is 1. The number of nitrogens with zero attached hydrogens (tertiary/aromatic N) is 1. The molecule has 5 heteroatoms. The summed E-state index contributed by atoms with van der Waals surface area (Å²) in [6.45, 7) is 8.60. The predicted octanol–water partition coefficient (Wildman–Crippen LogP) is 4.39. The molecule has 2 bridgehead atoms. The third-order valence-corrected chi connectivity index (χ3v) is 8.61. The molecule has 164 valence electrons. The summed E-state index contributed by atoms with van der Waals surface area (Å²) >= 11 is 0. The molecule has 2 N–H and O–H groups in total. The largest absolute Gasteiger partial charge is 0.504 e. The van der Waals surface area contributed by atoms with E-state index in [0.717, 1.165) is 43.6 Å². The van der Waals surface area contributed by atoms with E-state index >= 15 is 0 Å². The first-order valence-corrected chi connectivity index (χ1v) is 11.7. The number of H-pyrrole nitrogens is 1. The molecule has 0 radical (unpaired) electrons. The molecular formula is C27H28N2O3. The van der Waals surface area contributed by atoms with Gasteiger partial charge < -0.3 is 19.6 Å². The number of rotatable bonds is 4. The Kier molecular flexibility index (Phi) is 3.63. The Morgan fingerprint density at radius 1 is 1.31 bits per heavy atom. The highest BCUT2D eigenvalue weighted by Crippen LogP contribution is 2.69. The number of hydrogen-bond acceptors (Lipinski definition) is 4. The molecule has 4 aliphatic rings. The minimum absolute atomic E-state index is 0.194.